The van der Waals surface area contributed by atoms with E-state index in [1.54, 1.807) is 12.1 Å². The third kappa shape index (κ3) is 3.04. The van der Waals surface area contributed by atoms with Gasteiger partial charge in [-0.1, -0.05) is 24.3 Å². The van der Waals surface area contributed by atoms with Crippen LogP contribution in [0.1, 0.15) is 21.5 Å². The molecule has 0 heterocycles. The number of benzene rings is 2. The van der Waals surface area contributed by atoms with Crippen molar-refractivity contribution >= 4 is 11.7 Å². The van der Waals surface area contributed by atoms with Crippen molar-refractivity contribution in [1.29, 1.82) is 0 Å². The molecule has 98 valence electrons. The number of anilines is 1. The van der Waals surface area contributed by atoms with Gasteiger partial charge >= 0.3 is 5.97 Å². The molecule has 4 nitrogen and oxygen atoms in total. The Labute approximate surface area is 111 Å². The number of hydrogen-bond donors (Lipinski definition) is 2. The van der Waals surface area contributed by atoms with Gasteiger partial charge in [0, 0.05) is 11.3 Å². The van der Waals surface area contributed by atoms with Gasteiger partial charge in [-0.05, 0) is 30.7 Å². The fourth-order valence-corrected chi connectivity index (χ4v) is 1.79. The summed E-state index contributed by atoms with van der Waals surface area (Å²) in [6.45, 7) is 2.14. The molecule has 0 atom stereocenters. The average molecular weight is 257 g/mol. The van der Waals surface area contributed by atoms with Gasteiger partial charge < -0.3 is 15.6 Å². The summed E-state index contributed by atoms with van der Waals surface area (Å²) >= 11 is 0. The van der Waals surface area contributed by atoms with Gasteiger partial charge in [0.2, 0.25) is 0 Å². The van der Waals surface area contributed by atoms with Crippen LogP contribution in [0.3, 0.4) is 0 Å². The molecule has 0 amide bonds. The molecular formula is C15H15NO3. The average Bonchev–Trinajstić information content (AvgIpc) is 2.38. The summed E-state index contributed by atoms with van der Waals surface area (Å²) < 4.78 is 5.65. The smallest absolute Gasteiger partial charge is 0.336 e. The van der Waals surface area contributed by atoms with E-state index >= 15 is 0 Å². The molecule has 0 saturated heterocycles. The summed E-state index contributed by atoms with van der Waals surface area (Å²) in [5.41, 5.74) is 7.81. The number of aryl methyl sites for hydroxylation is 1. The Morgan fingerprint density at radius 2 is 2.00 bits per heavy atom. The fraction of sp³-hybridized carbons (Fsp3) is 0.133. The lowest BCUT2D eigenvalue weighted by molar-refractivity contribution is 0.0694. The van der Waals surface area contributed by atoms with Crippen molar-refractivity contribution in [3.63, 3.8) is 0 Å². The first-order chi connectivity index (χ1) is 9.08. The van der Waals surface area contributed by atoms with Gasteiger partial charge in [-0.25, -0.2) is 4.79 Å². The SMILES string of the molecule is Cc1ccccc1OCc1ccc(N)cc1C(=O)O. The van der Waals surface area contributed by atoms with Crippen molar-refractivity contribution in [2.45, 2.75) is 13.5 Å². The van der Waals surface area contributed by atoms with Crippen molar-refractivity contribution in [2.75, 3.05) is 5.73 Å². The molecule has 0 saturated carbocycles. The molecule has 19 heavy (non-hydrogen) atoms. The molecule has 2 aromatic carbocycles. The Balaban J connectivity index is 2.20. The molecule has 0 unspecified atom stereocenters. The van der Waals surface area contributed by atoms with Crippen LogP contribution in [0.25, 0.3) is 0 Å². The molecule has 2 rings (SSSR count). The molecule has 4 heteroatoms. The van der Waals surface area contributed by atoms with Crippen molar-refractivity contribution in [1.82, 2.24) is 0 Å². The van der Waals surface area contributed by atoms with Crippen molar-refractivity contribution < 1.29 is 14.6 Å². The van der Waals surface area contributed by atoms with Gasteiger partial charge in [0.1, 0.15) is 12.4 Å². The number of carbonyl (C=O) groups is 1. The first-order valence-corrected chi connectivity index (χ1v) is 5.88. The minimum Gasteiger partial charge on any atom is -0.489 e. The highest BCUT2D eigenvalue weighted by Gasteiger charge is 2.11. The van der Waals surface area contributed by atoms with Crippen LogP contribution in [0.2, 0.25) is 0 Å². The summed E-state index contributed by atoms with van der Waals surface area (Å²) in [4.78, 5) is 11.1. The van der Waals surface area contributed by atoms with Crippen LogP contribution in [0.5, 0.6) is 5.75 Å². The van der Waals surface area contributed by atoms with E-state index in [2.05, 4.69) is 0 Å². The molecule has 0 aromatic heterocycles. The minimum absolute atomic E-state index is 0.175. The largest absolute Gasteiger partial charge is 0.489 e. The van der Waals surface area contributed by atoms with E-state index in [1.165, 1.54) is 6.07 Å². The Kier molecular flexibility index (Phi) is 3.71. The zero-order valence-corrected chi connectivity index (χ0v) is 10.6. The molecular weight excluding hydrogens is 242 g/mol. The minimum atomic E-state index is -1.00. The van der Waals surface area contributed by atoms with E-state index in [9.17, 15) is 4.79 Å². The second-order valence-electron chi connectivity index (χ2n) is 4.28. The molecule has 0 fully saturated rings. The summed E-state index contributed by atoms with van der Waals surface area (Å²) in [6.07, 6.45) is 0. The Morgan fingerprint density at radius 1 is 1.26 bits per heavy atom. The number of nitrogens with two attached hydrogens (primary N) is 1. The third-order valence-electron chi connectivity index (χ3n) is 2.84. The number of para-hydroxylation sites is 1. The van der Waals surface area contributed by atoms with E-state index < -0.39 is 5.97 Å². The lowest BCUT2D eigenvalue weighted by Gasteiger charge is -2.11. The normalized spacial score (nSPS) is 10.2. The van der Waals surface area contributed by atoms with Crippen LogP contribution < -0.4 is 10.5 Å². The standard InChI is InChI=1S/C15H15NO3/c1-10-4-2-3-5-14(10)19-9-11-6-7-12(16)8-13(11)15(17)18/h2-8H,9,16H2,1H3,(H,17,18). The van der Waals surface area contributed by atoms with E-state index in [-0.39, 0.29) is 12.2 Å². The summed E-state index contributed by atoms with van der Waals surface area (Å²) in [5.74, 6) is -0.258. The maximum Gasteiger partial charge on any atom is 0.336 e. The number of aromatic carboxylic acids is 1. The van der Waals surface area contributed by atoms with Crippen molar-refractivity contribution in [3.8, 4) is 5.75 Å². The van der Waals surface area contributed by atoms with E-state index in [1.807, 2.05) is 31.2 Å². The highest BCUT2D eigenvalue weighted by molar-refractivity contribution is 5.90. The predicted molar refractivity (Wildman–Crippen MR) is 73.3 cm³/mol. The Morgan fingerprint density at radius 3 is 2.68 bits per heavy atom. The van der Waals surface area contributed by atoms with E-state index in [0.717, 1.165) is 11.3 Å². The summed E-state index contributed by atoms with van der Waals surface area (Å²) in [5, 5.41) is 9.13. The van der Waals surface area contributed by atoms with Gasteiger partial charge in [-0.3, -0.25) is 0 Å². The Bertz CT molecular complexity index is 608. The van der Waals surface area contributed by atoms with Crippen LogP contribution in [-0.2, 0) is 6.61 Å². The van der Waals surface area contributed by atoms with Crippen LogP contribution in [0.15, 0.2) is 42.5 Å². The molecule has 2 aromatic rings. The number of carboxylic acids is 1. The van der Waals surface area contributed by atoms with Crippen molar-refractivity contribution in [3.05, 3.63) is 59.2 Å². The number of nitrogen functional groups attached to an aromatic ring is 1. The lowest BCUT2D eigenvalue weighted by Crippen LogP contribution is -2.07. The number of ether oxygens (including phenoxy) is 1. The van der Waals surface area contributed by atoms with Gasteiger partial charge in [-0.15, -0.1) is 0 Å². The maximum absolute atomic E-state index is 11.1. The van der Waals surface area contributed by atoms with Crippen LogP contribution in [0, 0.1) is 6.92 Å². The van der Waals surface area contributed by atoms with Crippen LogP contribution in [-0.4, -0.2) is 11.1 Å². The maximum atomic E-state index is 11.1. The molecule has 3 N–H and O–H groups in total. The second kappa shape index (κ2) is 5.44. The van der Waals surface area contributed by atoms with Gasteiger partial charge in [0.05, 0.1) is 5.56 Å². The summed E-state index contributed by atoms with van der Waals surface area (Å²) in [6, 6.07) is 12.4. The molecule has 0 aliphatic carbocycles. The van der Waals surface area contributed by atoms with Crippen LogP contribution >= 0.6 is 0 Å². The monoisotopic (exact) mass is 257 g/mol. The molecule has 0 radical (unpaired) electrons. The molecule has 0 aliphatic heterocycles. The first kappa shape index (κ1) is 13.0. The third-order valence-corrected chi connectivity index (χ3v) is 2.84. The number of carboxylic acid groups (broad SMARTS) is 1. The second-order valence-corrected chi connectivity index (χ2v) is 4.28. The predicted octanol–water partition coefficient (Wildman–Crippen LogP) is 2.85. The van der Waals surface area contributed by atoms with Crippen molar-refractivity contribution in [2.24, 2.45) is 0 Å². The highest BCUT2D eigenvalue weighted by Crippen LogP contribution is 2.20. The molecule has 0 spiro atoms. The van der Waals surface area contributed by atoms with Gasteiger partial charge in [-0.2, -0.15) is 0 Å². The highest BCUT2D eigenvalue weighted by atomic mass is 16.5. The summed E-state index contributed by atoms with van der Waals surface area (Å²) in [7, 11) is 0. The zero-order chi connectivity index (χ0) is 13.8. The number of rotatable bonds is 4. The zero-order valence-electron chi connectivity index (χ0n) is 10.6. The fourth-order valence-electron chi connectivity index (χ4n) is 1.79. The number of hydrogen-bond acceptors (Lipinski definition) is 3. The van der Waals surface area contributed by atoms with E-state index in [0.29, 0.717) is 11.3 Å². The van der Waals surface area contributed by atoms with Gasteiger partial charge in [0.15, 0.2) is 0 Å². The first-order valence-electron chi connectivity index (χ1n) is 5.88. The molecule has 0 aliphatic rings. The Hall–Kier alpha value is -2.49. The quantitative estimate of drug-likeness (QED) is 0.826. The van der Waals surface area contributed by atoms with Crippen LogP contribution in [0.4, 0.5) is 5.69 Å². The van der Waals surface area contributed by atoms with E-state index in [4.69, 9.17) is 15.6 Å². The lowest BCUT2D eigenvalue weighted by atomic mass is 10.1. The topological polar surface area (TPSA) is 72.5 Å². The van der Waals surface area contributed by atoms with Gasteiger partial charge in [0.25, 0.3) is 0 Å². The molecule has 0 bridgehead atoms.